The first-order chi connectivity index (χ1) is 13.9. The van der Waals surface area contributed by atoms with Crippen molar-refractivity contribution < 1.29 is 9.63 Å². The Hall–Kier alpha value is -3.12. The number of hydrogen-bond donors (Lipinski definition) is 0. The second-order valence-corrected chi connectivity index (χ2v) is 7.21. The standard InChI is InChI=1S/C22H22ClN3O3/c1-15-16(2)26(29-14-18-7-5-4-6-8-18)22(28)20(24-15)21(27)25(3)13-17-9-11-19(23)12-10-17/h4-12H,13-14H2,1-3H3. The maximum Gasteiger partial charge on any atom is 0.314 e. The highest BCUT2D eigenvalue weighted by Gasteiger charge is 2.22. The second-order valence-electron chi connectivity index (χ2n) is 6.78. The zero-order valence-electron chi connectivity index (χ0n) is 16.6. The van der Waals surface area contributed by atoms with Crippen LogP contribution in [-0.4, -0.2) is 27.6 Å². The number of aryl methyl sites for hydroxylation is 1. The van der Waals surface area contributed by atoms with Gasteiger partial charge < -0.3 is 9.74 Å². The molecule has 1 aromatic heterocycles. The third-order valence-electron chi connectivity index (χ3n) is 4.58. The summed E-state index contributed by atoms with van der Waals surface area (Å²) in [6.07, 6.45) is 0. The molecule has 1 heterocycles. The van der Waals surface area contributed by atoms with Crippen molar-refractivity contribution in [2.24, 2.45) is 0 Å². The van der Waals surface area contributed by atoms with Gasteiger partial charge in [0.05, 0.1) is 11.4 Å². The molecule has 29 heavy (non-hydrogen) atoms. The first kappa shape index (κ1) is 20.6. The van der Waals surface area contributed by atoms with Crippen molar-refractivity contribution in [3.63, 3.8) is 0 Å². The summed E-state index contributed by atoms with van der Waals surface area (Å²) in [5, 5.41) is 0.622. The van der Waals surface area contributed by atoms with Gasteiger partial charge in [0.25, 0.3) is 5.91 Å². The van der Waals surface area contributed by atoms with Crippen LogP contribution in [0.1, 0.15) is 33.0 Å². The van der Waals surface area contributed by atoms with E-state index in [0.29, 0.717) is 23.0 Å². The lowest BCUT2D eigenvalue weighted by atomic mass is 10.2. The van der Waals surface area contributed by atoms with E-state index in [1.54, 1.807) is 33.0 Å². The number of halogens is 1. The minimum absolute atomic E-state index is 0.169. The van der Waals surface area contributed by atoms with E-state index >= 15 is 0 Å². The van der Waals surface area contributed by atoms with Crippen molar-refractivity contribution in [1.82, 2.24) is 14.6 Å². The molecule has 6 nitrogen and oxygen atoms in total. The second kappa shape index (κ2) is 8.92. The predicted octanol–water partition coefficient (Wildman–Crippen LogP) is 3.41. The van der Waals surface area contributed by atoms with Gasteiger partial charge in [0.15, 0.2) is 5.69 Å². The third kappa shape index (κ3) is 4.84. The van der Waals surface area contributed by atoms with Crippen molar-refractivity contribution in [2.75, 3.05) is 7.05 Å². The molecule has 2 aromatic carbocycles. The van der Waals surface area contributed by atoms with Crippen LogP contribution in [-0.2, 0) is 13.2 Å². The Bertz CT molecular complexity index is 1060. The lowest BCUT2D eigenvalue weighted by Gasteiger charge is -2.19. The van der Waals surface area contributed by atoms with Gasteiger partial charge in [-0.1, -0.05) is 54.1 Å². The summed E-state index contributed by atoms with van der Waals surface area (Å²) in [5.74, 6) is -0.467. The molecule has 0 aliphatic carbocycles. The summed E-state index contributed by atoms with van der Waals surface area (Å²) in [6, 6.07) is 16.7. The van der Waals surface area contributed by atoms with Gasteiger partial charge in [-0.3, -0.25) is 9.59 Å². The van der Waals surface area contributed by atoms with Gasteiger partial charge in [0.1, 0.15) is 6.61 Å². The van der Waals surface area contributed by atoms with Crippen molar-refractivity contribution in [1.29, 1.82) is 0 Å². The van der Waals surface area contributed by atoms with Crippen LogP contribution in [0, 0.1) is 13.8 Å². The Morgan fingerprint density at radius 3 is 2.38 bits per heavy atom. The largest absolute Gasteiger partial charge is 0.406 e. The minimum atomic E-state index is -0.572. The number of carbonyl (C=O) groups is 1. The molecule has 0 N–H and O–H groups in total. The lowest BCUT2D eigenvalue weighted by Crippen LogP contribution is -2.39. The number of rotatable bonds is 6. The molecule has 0 aliphatic heterocycles. The van der Waals surface area contributed by atoms with Crippen LogP contribution in [0.15, 0.2) is 59.4 Å². The van der Waals surface area contributed by atoms with Gasteiger partial charge in [-0.15, -0.1) is 4.73 Å². The summed E-state index contributed by atoms with van der Waals surface area (Å²) in [7, 11) is 1.63. The zero-order valence-corrected chi connectivity index (χ0v) is 17.3. The van der Waals surface area contributed by atoms with Crippen molar-refractivity contribution >= 4 is 17.5 Å². The molecule has 0 saturated carbocycles. The number of aromatic nitrogens is 2. The molecule has 0 spiro atoms. The smallest absolute Gasteiger partial charge is 0.314 e. The third-order valence-corrected chi connectivity index (χ3v) is 4.83. The van der Waals surface area contributed by atoms with Crippen LogP contribution in [0.5, 0.6) is 0 Å². The number of hydrogen-bond acceptors (Lipinski definition) is 4. The van der Waals surface area contributed by atoms with Crippen LogP contribution in [0.2, 0.25) is 5.02 Å². The first-order valence-electron chi connectivity index (χ1n) is 9.14. The summed E-state index contributed by atoms with van der Waals surface area (Å²) >= 11 is 5.90. The molecule has 3 rings (SSSR count). The van der Waals surface area contributed by atoms with E-state index < -0.39 is 11.5 Å². The topological polar surface area (TPSA) is 64.4 Å². The molecule has 0 radical (unpaired) electrons. The van der Waals surface area contributed by atoms with E-state index in [1.807, 2.05) is 42.5 Å². The molecular formula is C22H22ClN3O3. The normalized spacial score (nSPS) is 10.6. The average molecular weight is 412 g/mol. The van der Waals surface area contributed by atoms with Crippen molar-refractivity contribution in [3.8, 4) is 0 Å². The molecule has 150 valence electrons. The summed E-state index contributed by atoms with van der Waals surface area (Å²) < 4.78 is 1.15. The Balaban J connectivity index is 1.84. The van der Waals surface area contributed by atoms with Gasteiger partial charge in [-0.2, -0.15) is 0 Å². The molecule has 0 saturated heterocycles. The van der Waals surface area contributed by atoms with E-state index in [9.17, 15) is 9.59 Å². The summed E-state index contributed by atoms with van der Waals surface area (Å²) in [4.78, 5) is 37.2. The fourth-order valence-electron chi connectivity index (χ4n) is 2.82. The van der Waals surface area contributed by atoms with Gasteiger partial charge in [-0.05, 0) is 37.1 Å². The van der Waals surface area contributed by atoms with Crippen molar-refractivity contribution in [2.45, 2.75) is 27.0 Å². The molecule has 0 unspecified atom stereocenters. The highest BCUT2D eigenvalue weighted by atomic mass is 35.5. The molecule has 0 fully saturated rings. The quantitative estimate of drug-likeness (QED) is 0.623. The Morgan fingerprint density at radius 2 is 1.72 bits per heavy atom. The molecular weight excluding hydrogens is 390 g/mol. The molecule has 0 bridgehead atoms. The first-order valence-corrected chi connectivity index (χ1v) is 9.52. The summed E-state index contributed by atoms with van der Waals surface area (Å²) in [6.45, 7) is 4.02. The van der Waals surface area contributed by atoms with Crippen LogP contribution < -0.4 is 10.4 Å². The Morgan fingerprint density at radius 1 is 1.07 bits per heavy atom. The van der Waals surface area contributed by atoms with Gasteiger partial charge in [0, 0.05) is 18.6 Å². The highest BCUT2D eigenvalue weighted by molar-refractivity contribution is 6.30. The van der Waals surface area contributed by atoms with Crippen molar-refractivity contribution in [3.05, 3.63) is 98.2 Å². The molecule has 1 amide bonds. The van der Waals surface area contributed by atoms with E-state index in [2.05, 4.69) is 4.98 Å². The number of benzene rings is 2. The lowest BCUT2D eigenvalue weighted by molar-refractivity contribution is 0.0718. The van der Waals surface area contributed by atoms with Crippen LogP contribution in [0.3, 0.4) is 0 Å². The van der Waals surface area contributed by atoms with E-state index in [0.717, 1.165) is 15.9 Å². The van der Waals surface area contributed by atoms with E-state index in [1.165, 1.54) is 4.90 Å². The van der Waals surface area contributed by atoms with Gasteiger partial charge in [-0.25, -0.2) is 4.98 Å². The van der Waals surface area contributed by atoms with Gasteiger partial charge >= 0.3 is 5.56 Å². The van der Waals surface area contributed by atoms with E-state index in [-0.39, 0.29) is 12.3 Å². The fraction of sp³-hybridized carbons (Fsp3) is 0.227. The maximum absolute atomic E-state index is 12.9. The summed E-state index contributed by atoms with van der Waals surface area (Å²) in [5.41, 5.74) is 2.19. The molecule has 0 aliphatic rings. The molecule has 7 heteroatoms. The van der Waals surface area contributed by atoms with Gasteiger partial charge in [0.2, 0.25) is 0 Å². The molecule has 0 atom stereocenters. The Kier molecular flexibility index (Phi) is 6.34. The maximum atomic E-state index is 12.9. The number of amides is 1. The number of nitrogens with zero attached hydrogens (tertiary/aromatic N) is 3. The minimum Gasteiger partial charge on any atom is -0.406 e. The van der Waals surface area contributed by atoms with Crippen LogP contribution in [0.25, 0.3) is 0 Å². The van der Waals surface area contributed by atoms with Crippen LogP contribution in [0.4, 0.5) is 0 Å². The fourth-order valence-corrected chi connectivity index (χ4v) is 2.94. The monoisotopic (exact) mass is 411 g/mol. The Labute approximate surface area is 174 Å². The average Bonchev–Trinajstić information content (AvgIpc) is 2.72. The predicted molar refractivity (Wildman–Crippen MR) is 112 cm³/mol. The SMILES string of the molecule is Cc1nc(C(=O)N(C)Cc2ccc(Cl)cc2)c(=O)n(OCc2ccccc2)c1C. The highest BCUT2D eigenvalue weighted by Crippen LogP contribution is 2.12. The van der Waals surface area contributed by atoms with Crippen LogP contribution >= 0.6 is 11.6 Å². The zero-order chi connectivity index (χ0) is 21.0. The number of carbonyl (C=O) groups excluding carboxylic acids is 1. The molecule has 3 aromatic rings. The van der Waals surface area contributed by atoms with E-state index in [4.69, 9.17) is 16.4 Å².